The van der Waals surface area contributed by atoms with Gasteiger partial charge in [0.1, 0.15) is 17.3 Å². The van der Waals surface area contributed by atoms with Gasteiger partial charge in [-0.25, -0.2) is 4.39 Å². The molecular formula is C16H16ClFO2. The van der Waals surface area contributed by atoms with Crippen LogP contribution in [0, 0.1) is 19.7 Å². The molecule has 0 aliphatic carbocycles. The lowest BCUT2D eigenvalue weighted by molar-refractivity contribution is 0.195. The van der Waals surface area contributed by atoms with Crippen LogP contribution in [0.1, 0.15) is 29.7 Å². The monoisotopic (exact) mass is 294 g/mol. The summed E-state index contributed by atoms with van der Waals surface area (Å²) in [6, 6.07) is 7.71. The van der Waals surface area contributed by atoms with Crippen LogP contribution in [0.15, 0.2) is 30.3 Å². The third kappa shape index (κ3) is 3.11. The molecule has 1 unspecified atom stereocenters. The zero-order valence-electron chi connectivity index (χ0n) is 11.6. The minimum atomic E-state index is -0.811. The molecule has 2 nitrogen and oxygen atoms in total. The predicted octanol–water partition coefficient (Wildman–Crippen LogP) is 4.94. The summed E-state index contributed by atoms with van der Waals surface area (Å²) in [7, 11) is 0. The molecule has 1 atom stereocenters. The van der Waals surface area contributed by atoms with Crippen molar-refractivity contribution in [2.45, 2.75) is 26.9 Å². The Balaban J connectivity index is 2.45. The molecule has 106 valence electrons. The summed E-state index contributed by atoms with van der Waals surface area (Å²) in [6.45, 7) is 5.35. The van der Waals surface area contributed by atoms with E-state index in [-0.39, 0.29) is 0 Å². The lowest BCUT2D eigenvalue weighted by Crippen LogP contribution is -1.99. The molecule has 20 heavy (non-hydrogen) atoms. The number of ether oxygens (including phenoxy) is 1. The Bertz CT molecular complexity index is 615. The Labute approximate surface area is 122 Å². The van der Waals surface area contributed by atoms with E-state index in [4.69, 9.17) is 16.3 Å². The maximum atomic E-state index is 13.3. The largest absolute Gasteiger partial charge is 0.456 e. The van der Waals surface area contributed by atoms with Gasteiger partial charge in [-0.15, -0.1) is 0 Å². The maximum Gasteiger partial charge on any atom is 0.133 e. The number of hydrogen-bond acceptors (Lipinski definition) is 2. The second-order valence-corrected chi connectivity index (χ2v) is 5.27. The molecule has 0 saturated heterocycles. The highest BCUT2D eigenvalue weighted by molar-refractivity contribution is 6.30. The third-order valence-electron chi connectivity index (χ3n) is 3.06. The van der Waals surface area contributed by atoms with E-state index in [1.165, 1.54) is 18.2 Å². The van der Waals surface area contributed by atoms with Crippen LogP contribution in [0.2, 0.25) is 5.02 Å². The molecule has 0 saturated carbocycles. The second kappa shape index (κ2) is 5.81. The Morgan fingerprint density at radius 1 is 1.15 bits per heavy atom. The number of benzene rings is 2. The second-order valence-electron chi connectivity index (χ2n) is 4.83. The van der Waals surface area contributed by atoms with Gasteiger partial charge < -0.3 is 9.84 Å². The first-order valence-corrected chi connectivity index (χ1v) is 6.68. The van der Waals surface area contributed by atoms with E-state index in [2.05, 4.69) is 0 Å². The average Bonchev–Trinajstić information content (AvgIpc) is 2.34. The smallest absolute Gasteiger partial charge is 0.133 e. The summed E-state index contributed by atoms with van der Waals surface area (Å²) in [4.78, 5) is 0. The number of aliphatic hydroxyl groups excluding tert-OH is 1. The minimum absolute atomic E-state index is 0.405. The van der Waals surface area contributed by atoms with Crippen molar-refractivity contribution in [3.63, 3.8) is 0 Å². The molecule has 0 bridgehead atoms. The van der Waals surface area contributed by atoms with Gasteiger partial charge >= 0.3 is 0 Å². The summed E-state index contributed by atoms with van der Waals surface area (Å²) in [5, 5.41) is 10.4. The van der Waals surface area contributed by atoms with E-state index in [0.29, 0.717) is 22.1 Å². The Hall–Kier alpha value is -1.58. The molecule has 0 heterocycles. The van der Waals surface area contributed by atoms with Crippen molar-refractivity contribution < 1.29 is 14.2 Å². The van der Waals surface area contributed by atoms with Gasteiger partial charge in [-0.3, -0.25) is 0 Å². The fraction of sp³-hybridized carbons (Fsp3) is 0.250. The number of halogens is 2. The molecule has 0 fully saturated rings. The topological polar surface area (TPSA) is 29.5 Å². The van der Waals surface area contributed by atoms with Crippen molar-refractivity contribution in [2.24, 2.45) is 0 Å². The Morgan fingerprint density at radius 3 is 2.30 bits per heavy atom. The SMILES string of the molecule is Cc1cc(Cl)cc(C)c1Oc1ccc(F)cc1C(C)O. The first-order chi connectivity index (χ1) is 9.38. The Morgan fingerprint density at radius 2 is 1.75 bits per heavy atom. The predicted molar refractivity (Wildman–Crippen MR) is 78.0 cm³/mol. The van der Waals surface area contributed by atoms with Crippen LogP contribution in [0.5, 0.6) is 11.5 Å². The average molecular weight is 295 g/mol. The number of rotatable bonds is 3. The van der Waals surface area contributed by atoms with Crippen LogP contribution in [-0.4, -0.2) is 5.11 Å². The summed E-state index contributed by atoms with van der Waals surface area (Å²) >= 11 is 5.98. The maximum absolute atomic E-state index is 13.3. The van der Waals surface area contributed by atoms with Crippen LogP contribution in [0.3, 0.4) is 0 Å². The van der Waals surface area contributed by atoms with Gasteiger partial charge in [-0.1, -0.05) is 11.6 Å². The molecule has 1 N–H and O–H groups in total. The molecule has 0 radical (unpaired) electrons. The van der Waals surface area contributed by atoms with E-state index in [0.717, 1.165) is 11.1 Å². The highest BCUT2D eigenvalue weighted by atomic mass is 35.5. The highest BCUT2D eigenvalue weighted by Gasteiger charge is 2.14. The molecule has 4 heteroatoms. The van der Waals surface area contributed by atoms with Gasteiger partial charge in [0.15, 0.2) is 0 Å². The normalized spacial score (nSPS) is 12.3. The zero-order valence-corrected chi connectivity index (χ0v) is 12.3. The van der Waals surface area contributed by atoms with Crippen molar-refractivity contribution in [1.82, 2.24) is 0 Å². The molecule has 0 aromatic heterocycles. The summed E-state index contributed by atoms with van der Waals surface area (Å²) in [5.41, 5.74) is 2.19. The number of aryl methyl sites for hydroxylation is 2. The summed E-state index contributed by atoms with van der Waals surface area (Å²) < 4.78 is 19.1. The van der Waals surface area contributed by atoms with Crippen molar-refractivity contribution >= 4 is 11.6 Å². The van der Waals surface area contributed by atoms with Crippen LogP contribution in [-0.2, 0) is 0 Å². The number of hydrogen-bond donors (Lipinski definition) is 1. The lowest BCUT2D eigenvalue weighted by Gasteiger charge is -2.16. The van der Waals surface area contributed by atoms with E-state index in [9.17, 15) is 9.50 Å². The first kappa shape index (κ1) is 14.8. The van der Waals surface area contributed by atoms with Crippen LogP contribution in [0.25, 0.3) is 0 Å². The standard InChI is InChI=1S/C16H16ClFO2/c1-9-6-12(17)7-10(2)16(9)20-15-5-4-13(18)8-14(15)11(3)19/h4-8,11,19H,1-3H3. The number of aliphatic hydroxyl groups is 1. The van der Waals surface area contributed by atoms with Gasteiger partial charge in [0.25, 0.3) is 0 Å². The van der Waals surface area contributed by atoms with Crippen molar-refractivity contribution in [3.05, 3.63) is 57.9 Å². The van der Waals surface area contributed by atoms with Gasteiger partial charge in [0.05, 0.1) is 6.10 Å². The molecule has 0 aliphatic heterocycles. The van der Waals surface area contributed by atoms with E-state index < -0.39 is 11.9 Å². The Kier molecular flexibility index (Phi) is 4.31. The minimum Gasteiger partial charge on any atom is -0.456 e. The summed E-state index contributed by atoms with van der Waals surface area (Å²) in [6.07, 6.45) is -0.811. The lowest BCUT2D eigenvalue weighted by atomic mass is 10.1. The van der Waals surface area contributed by atoms with E-state index in [1.54, 1.807) is 19.1 Å². The fourth-order valence-corrected chi connectivity index (χ4v) is 2.43. The molecular weight excluding hydrogens is 279 g/mol. The van der Waals surface area contributed by atoms with Crippen LogP contribution < -0.4 is 4.74 Å². The quantitative estimate of drug-likeness (QED) is 0.868. The molecule has 0 amide bonds. The fourth-order valence-electron chi connectivity index (χ4n) is 2.11. The highest BCUT2D eigenvalue weighted by Crippen LogP contribution is 2.35. The van der Waals surface area contributed by atoms with Crippen molar-refractivity contribution in [3.8, 4) is 11.5 Å². The molecule has 2 aromatic carbocycles. The molecule has 2 aromatic rings. The van der Waals surface area contributed by atoms with Gasteiger partial charge in [-0.05, 0) is 62.2 Å². The van der Waals surface area contributed by atoms with Gasteiger partial charge in [-0.2, -0.15) is 0 Å². The first-order valence-electron chi connectivity index (χ1n) is 6.30. The van der Waals surface area contributed by atoms with Crippen LogP contribution in [0.4, 0.5) is 4.39 Å². The molecule has 2 rings (SSSR count). The van der Waals surface area contributed by atoms with E-state index in [1.807, 2.05) is 13.8 Å². The van der Waals surface area contributed by atoms with E-state index >= 15 is 0 Å². The van der Waals surface area contributed by atoms with Crippen molar-refractivity contribution in [2.75, 3.05) is 0 Å². The third-order valence-corrected chi connectivity index (χ3v) is 3.28. The van der Waals surface area contributed by atoms with Crippen molar-refractivity contribution in [1.29, 1.82) is 0 Å². The van der Waals surface area contributed by atoms with Gasteiger partial charge in [0, 0.05) is 10.6 Å². The zero-order chi connectivity index (χ0) is 14.9. The molecule has 0 spiro atoms. The molecule has 0 aliphatic rings. The summed E-state index contributed by atoms with van der Waals surface area (Å²) in [5.74, 6) is 0.704. The van der Waals surface area contributed by atoms with Crippen LogP contribution >= 0.6 is 11.6 Å². The van der Waals surface area contributed by atoms with Gasteiger partial charge in [0.2, 0.25) is 0 Å².